The molecule has 6 heteroatoms. The lowest BCUT2D eigenvalue weighted by Crippen LogP contribution is -2.39. The first-order valence-electron chi connectivity index (χ1n) is 10.2. The minimum atomic E-state index is -0.507. The van der Waals surface area contributed by atoms with Gasteiger partial charge in [0.1, 0.15) is 11.4 Å². The van der Waals surface area contributed by atoms with Crippen molar-refractivity contribution in [1.29, 1.82) is 0 Å². The lowest BCUT2D eigenvalue weighted by atomic mass is 9.96. The maximum absolute atomic E-state index is 13.4. The summed E-state index contributed by atoms with van der Waals surface area (Å²) in [5.74, 6) is -0.421. The number of benzene rings is 2. The fourth-order valence-corrected chi connectivity index (χ4v) is 4.40. The minimum Gasteiger partial charge on any atom is -0.423 e. The number of halogens is 2. The number of carbonyl (C=O) groups excluding carboxylic acids is 1. The number of fused-ring (bicyclic) bond motifs is 1. The molecule has 1 aliphatic heterocycles. The van der Waals surface area contributed by atoms with Gasteiger partial charge in [-0.05, 0) is 55.5 Å². The largest absolute Gasteiger partial charge is 0.423 e. The van der Waals surface area contributed by atoms with E-state index in [0.717, 1.165) is 31.5 Å². The Morgan fingerprint density at radius 2 is 1.87 bits per heavy atom. The molecule has 0 bridgehead atoms. The lowest BCUT2D eigenvalue weighted by Gasteiger charge is -2.29. The summed E-state index contributed by atoms with van der Waals surface area (Å²) in [6, 6.07) is 11.0. The first-order valence-corrected chi connectivity index (χ1v) is 10.6. The minimum absolute atomic E-state index is 0.151. The van der Waals surface area contributed by atoms with Crippen molar-refractivity contribution in [3.05, 3.63) is 69.3 Å². The van der Waals surface area contributed by atoms with Crippen LogP contribution >= 0.6 is 11.6 Å². The van der Waals surface area contributed by atoms with Crippen LogP contribution < -0.4 is 5.63 Å². The van der Waals surface area contributed by atoms with Crippen molar-refractivity contribution >= 4 is 28.5 Å². The molecule has 1 saturated heterocycles. The molecule has 0 saturated carbocycles. The van der Waals surface area contributed by atoms with E-state index in [2.05, 4.69) is 0 Å². The van der Waals surface area contributed by atoms with Crippen molar-refractivity contribution in [2.45, 2.75) is 32.6 Å². The van der Waals surface area contributed by atoms with E-state index < -0.39 is 11.4 Å². The van der Waals surface area contributed by atoms with Crippen molar-refractivity contribution < 1.29 is 13.6 Å². The predicted molar refractivity (Wildman–Crippen MR) is 116 cm³/mol. The zero-order valence-corrected chi connectivity index (χ0v) is 17.5. The summed E-state index contributed by atoms with van der Waals surface area (Å²) in [6.45, 7) is 3.60. The topological polar surface area (TPSA) is 50.5 Å². The summed E-state index contributed by atoms with van der Waals surface area (Å²) in [5.41, 5.74) is 2.00. The van der Waals surface area contributed by atoms with Crippen LogP contribution in [0.4, 0.5) is 4.39 Å². The van der Waals surface area contributed by atoms with Crippen LogP contribution in [-0.2, 0) is 11.2 Å². The number of nitrogens with zero attached hydrogens (tertiary/aromatic N) is 1. The van der Waals surface area contributed by atoms with E-state index in [1.807, 2.05) is 24.0 Å². The van der Waals surface area contributed by atoms with Gasteiger partial charge in [0, 0.05) is 41.6 Å². The maximum Gasteiger partial charge on any atom is 0.336 e. The second-order valence-corrected chi connectivity index (χ2v) is 8.33. The highest BCUT2D eigenvalue weighted by molar-refractivity contribution is 6.33. The summed E-state index contributed by atoms with van der Waals surface area (Å²) < 4.78 is 18.9. The number of piperidine rings is 1. The Morgan fingerprint density at radius 3 is 2.60 bits per heavy atom. The summed E-state index contributed by atoms with van der Waals surface area (Å²) in [4.78, 5) is 26.8. The molecule has 30 heavy (non-hydrogen) atoms. The first-order chi connectivity index (χ1) is 14.4. The Bertz CT molecular complexity index is 1150. The van der Waals surface area contributed by atoms with Gasteiger partial charge < -0.3 is 9.32 Å². The fraction of sp³-hybridized carbons (Fsp3) is 0.333. The Labute approximate surface area is 179 Å². The van der Waals surface area contributed by atoms with Crippen LogP contribution in [0.3, 0.4) is 0 Å². The van der Waals surface area contributed by atoms with Crippen molar-refractivity contribution in [2.75, 3.05) is 13.1 Å². The van der Waals surface area contributed by atoms with Crippen LogP contribution in [-0.4, -0.2) is 23.9 Å². The molecule has 1 atom stereocenters. The Balaban J connectivity index is 1.64. The predicted octanol–water partition coefficient (Wildman–Crippen LogP) is 5.44. The first kappa shape index (κ1) is 20.6. The molecule has 2 aromatic carbocycles. The van der Waals surface area contributed by atoms with E-state index in [9.17, 15) is 14.0 Å². The third kappa shape index (κ3) is 4.26. The third-order valence-corrected chi connectivity index (χ3v) is 5.97. The molecule has 1 aliphatic rings. The van der Waals surface area contributed by atoms with Gasteiger partial charge in [-0.15, -0.1) is 0 Å². The molecule has 4 nitrogen and oxygen atoms in total. The highest BCUT2D eigenvalue weighted by atomic mass is 35.5. The molecule has 156 valence electrons. The van der Waals surface area contributed by atoms with E-state index in [1.54, 1.807) is 12.1 Å². The fourth-order valence-electron chi connectivity index (χ4n) is 4.13. The quantitative estimate of drug-likeness (QED) is 0.520. The molecule has 0 aliphatic carbocycles. The standard InChI is InChI=1S/C24H23ClFNO3/c1-15(24(29)27-9-3-2-4-10-27)11-16-5-7-19-20(14-23(28)30-22(19)12-16)18-8-6-17(26)13-21(18)25/h5-8,12-15H,2-4,9-11H2,1H3. The van der Waals surface area contributed by atoms with Crippen molar-refractivity contribution in [3.63, 3.8) is 0 Å². The van der Waals surface area contributed by atoms with Crippen LogP contribution in [0.2, 0.25) is 5.02 Å². The van der Waals surface area contributed by atoms with Crippen LogP contribution in [0.1, 0.15) is 31.7 Å². The molecule has 1 amide bonds. The summed E-state index contributed by atoms with van der Waals surface area (Å²) in [5, 5.41) is 0.939. The number of hydrogen-bond acceptors (Lipinski definition) is 3. The molecular weight excluding hydrogens is 405 g/mol. The van der Waals surface area contributed by atoms with E-state index in [4.69, 9.17) is 16.0 Å². The molecule has 2 heterocycles. The molecule has 0 radical (unpaired) electrons. The van der Waals surface area contributed by atoms with Gasteiger partial charge in [0.25, 0.3) is 0 Å². The normalized spacial score (nSPS) is 15.4. The Kier molecular flexibility index (Phi) is 5.91. The summed E-state index contributed by atoms with van der Waals surface area (Å²) >= 11 is 6.21. The van der Waals surface area contributed by atoms with Crippen molar-refractivity contribution in [1.82, 2.24) is 4.90 Å². The second-order valence-electron chi connectivity index (χ2n) is 7.92. The van der Waals surface area contributed by atoms with E-state index in [1.165, 1.54) is 24.6 Å². The molecule has 0 spiro atoms. The average Bonchev–Trinajstić information content (AvgIpc) is 2.73. The molecule has 1 unspecified atom stereocenters. The van der Waals surface area contributed by atoms with E-state index >= 15 is 0 Å². The lowest BCUT2D eigenvalue weighted by molar-refractivity contribution is -0.135. The summed E-state index contributed by atoms with van der Waals surface area (Å²) in [7, 11) is 0. The molecular formula is C24H23ClFNO3. The van der Waals surface area contributed by atoms with Crippen LogP contribution in [0.25, 0.3) is 22.1 Å². The van der Waals surface area contributed by atoms with Crippen molar-refractivity contribution in [3.8, 4) is 11.1 Å². The summed E-state index contributed by atoms with van der Waals surface area (Å²) in [6.07, 6.45) is 3.88. The number of amides is 1. The van der Waals surface area contributed by atoms with Crippen LogP contribution in [0.5, 0.6) is 0 Å². The van der Waals surface area contributed by atoms with Gasteiger partial charge in [0.2, 0.25) is 5.91 Å². The van der Waals surface area contributed by atoms with Gasteiger partial charge in [0.15, 0.2) is 0 Å². The van der Waals surface area contributed by atoms with E-state index in [-0.39, 0.29) is 16.8 Å². The van der Waals surface area contributed by atoms with Gasteiger partial charge in [-0.25, -0.2) is 9.18 Å². The second kappa shape index (κ2) is 8.60. The average molecular weight is 428 g/mol. The van der Waals surface area contributed by atoms with Crippen LogP contribution in [0.15, 0.2) is 51.7 Å². The molecule has 0 N–H and O–H groups in total. The molecule has 3 aromatic rings. The smallest absolute Gasteiger partial charge is 0.336 e. The number of likely N-dealkylation sites (tertiary alicyclic amines) is 1. The SMILES string of the molecule is CC(Cc1ccc2c(-c3ccc(F)cc3Cl)cc(=O)oc2c1)C(=O)N1CCCCC1. The van der Waals surface area contributed by atoms with E-state index in [0.29, 0.717) is 28.5 Å². The van der Waals surface area contributed by atoms with Gasteiger partial charge in [0.05, 0.1) is 5.02 Å². The van der Waals surface area contributed by atoms with Gasteiger partial charge in [-0.2, -0.15) is 0 Å². The molecule has 1 aromatic heterocycles. The number of hydrogen-bond donors (Lipinski definition) is 0. The van der Waals surface area contributed by atoms with Gasteiger partial charge in [-0.3, -0.25) is 4.79 Å². The highest BCUT2D eigenvalue weighted by Crippen LogP contribution is 2.33. The zero-order valence-electron chi connectivity index (χ0n) is 16.8. The molecule has 1 fully saturated rings. The number of rotatable bonds is 4. The van der Waals surface area contributed by atoms with Gasteiger partial charge in [-0.1, -0.05) is 30.7 Å². The maximum atomic E-state index is 13.4. The van der Waals surface area contributed by atoms with Crippen molar-refractivity contribution in [2.24, 2.45) is 5.92 Å². The van der Waals surface area contributed by atoms with Gasteiger partial charge >= 0.3 is 5.63 Å². The third-order valence-electron chi connectivity index (χ3n) is 5.66. The molecule has 4 rings (SSSR count). The Morgan fingerprint density at radius 1 is 1.10 bits per heavy atom. The van der Waals surface area contributed by atoms with Crippen LogP contribution in [0, 0.1) is 11.7 Å². The zero-order chi connectivity index (χ0) is 21.3. The monoisotopic (exact) mass is 427 g/mol. The highest BCUT2D eigenvalue weighted by Gasteiger charge is 2.22. The Hall–Kier alpha value is -2.66. The number of carbonyl (C=O) groups is 1.